The highest BCUT2D eigenvalue weighted by atomic mass is 16.2. The van der Waals surface area contributed by atoms with Crippen LogP contribution in [0.5, 0.6) is 0 Å². The summed E-state index contributed by atoms with van der Waals surface area (Å²) in [6.07, 6.45) is 10.2. The van der Waals surface area contributed by atoms with Crippen molar-refractivity contribution < 1.29 is 5.11 Å². The predicted octanol–water partition coefficient (Wildman–Crippen LogP) is 1.45. The molecule has 1 nitrogen and oxygen atoms in total. The molecular weight excluding hydrogens is 112 g/mol. The quantitative estimate of drug-likeness (QED) is 0.602. The second-order valence-electron chi connectivity index (χ2n) is 2.14. The molecule has 0 amide bonds. The predicted molar refractivity (Wildman–Crippen MR) is 36.8 cm³/mol. The van der Waals surface area contributed by atoms with Crippen molar-refractivity contribution >= 4 is 0 Å². The summed E-state index contributed by atoms with van der Waals surface area (Å²) in [5.74, 6) is 0. The van der Waals surface area contributed by atoms with E-state index in [4.69, 9.17) is 5.11 Å². The molecular formula is C8H11O. The highest BCUT2D eigenvalue weighted by molar-refractivity contribution is 5.21. The number of aliphatic hydroxyl groups excluding tert-OH is 1. The molecule has 1 N–H and O–H groups in total. The Labute approximate surface area is 55.7 Å². The number of hydrogen-bond acceptors (Lipinski definition) is 1. The van der Waals surface area contributed by atoms with Crippen LogP contribution in [-0.4, -0.2) is 11.7 Å². The van der Waals surface area contributed by atoms with Crippen LogP contribution < -0.4 is 0 Å². The molecule has 0 saturated heterocycles. The van der Waals surface area contributed by atoms with Crippen molar-refractivity contribution in [1.82, 2.24) is 0 Å². The molecule has 49 valence electrons. The van der Waals surface area contributed by atoms with Crippen molar-refractivity contribution in [2.75, 3.05) is 6.61 Å². The van der Waals surface area contributed by atoms with Crippen LogP contribution in [0, 0.1) is 6.08 Å². The van der Waals surface area contributed by atoms with Crippen LogP contribution >= 0.6 is 0 Å². The maximum Gasteiger partial charge on any atom is 0.0434 e. The Hall–Kier alpha value is -0.560. The average molecular weight is 123 g/mol. The van der Waals surface area contributed by atoms with E-state index in [0.29, 0.717) is 6.61 Å². The van der Waals surface area contributed by atoms with Crippen LogP contribution in [0.25, 0.3) is 0 Å². The van der Waals surface area contributed by atoms with Crippen molar-refractivity contribution in [3.63, 3.8) is 0 Å². The van der Waals surface area contributed by atoms with Crippen molar-refractivity contribution in [2.24, 2.45) is 0 Å². The molecule has 0 saturated carbocycles. The van der Waals surface area contributed by atoms with Gasteiger partial charge < -0.3 is 5.11 Å². The summed E-state index contributed by atoms with van der Waals surface area (Å²) in [7, 11) is 0. The normalized spacial score (nSPS) is 16.3. The van der Waals surface area contributed by atoms with Gasteiger partial charge in [0.15, 0.2) is 0 Å². The van der Waals surface area contributed by atoms with E-state index in [1.165, 1.54) is 5.57 Å². The van der Waals surface area contributed by atoms with Gasteiger partial charge in [0.25, 0.3) is 0 Å². The Morgan fingerprint density at radius 1 is 1.67 bits per heavy atom. The Morgan fingerprint density at radius 3 is 3.11 bits per heavy atom. The Morgan fingerprint density at radius 2 is 2.56 bits per heavy atom. The molecule has 0 aliphatic heterocycles. The van der Waals surface area contributed by atoms with Crippen LogP contribution in [0.1, 0.15) is 19.3 Å². The SMILES string of the molecule is OCCCC1=[C]CC=C1. The Balaban J connectivity index is 2.19. The largest absolute Gasteiger partial charge is 0.396 e. The monoisotopic (exact) mass is 123 g/mol. The summed E-state index contributed by atoms with van der Waals surface area (Å²) in [6, 6.07) is 0. The first kappa shape index (κ1) is 6.56. The highest BCUT2D eigenvalue weighted by Gasteiger charge is 1.95. The topological polar surface area (TPSA) is 20.2 Å². The summed E-state index contributed by atoms with van der Waals surface area (Å²) in [5, 5.41) is 8.46. The second kappa shape index (κ2) is 3.46. The second-order valence-corrected chi connectivity index (χ2v) is 2.14. The fourth-order valence-corrected chi connectivity index (χ4v) is 0.891. The standard InChI is InChI=1S/C8H11O/c9-7-3-6-8-4-1-2-5-8/h1,4,9H,2-3,6-7H2. The zero-order valence-corrected chi connectivity index (χ0v) is 5.43. The highest BCUT2D eigenvalue weighted by Crippen LogP contribution is 2.12. The molecule has 1 heteroatoms. The van der Waals surface area contributed by atoms with E-state index in [9.17, 15) is 0 Å². The van der Waals surface area contributed by atoms with E-state index < -0.39 is 0 Å². The molecule has 0 spiro atoms. The molecule has 1 radical (unpaired) electrons. The molecule has 0 aromatic heterocycles. The van der Waals surface area contributed by atoms with Crippen molar-refractivity contribution in [1.29, 1.82) is 0 Å². The van der Waals surface area contributed by atoms with E-state index >= 15 is 0 Å². The van der Waals surface area contributed by atoms with Crippen molar-refractivity contribution in [3.05, 3.63) is 23.8 Å². The number of rotatable bonds is 3. The van der Waals surface area contributed by atoms with Gasteiger partial charge in [-0.2, -0.15) is 0 Å². The minimum absolute atomic E-state index is 0.291. The van der Waals surface area contributed by atoms with Gasteiger partial charge in [-0.15, -0.1) is 0 Å². The first-order valence-electron chi connectivity index (χ1n) is 3.30. The minimum atomic E-state index is 0.291. The molecule has 9 heavy (non-hydrogen) atoms. The maximum atomic E-state index is 8.46. The Kier molecular flexibility index (Phi) is 2.52. The van der Waals surface area contributed by atoms with E-state index in [-0.39, 0.29) is 0 Å². The molecule has 1 aliphatic carbocycles. The van der Waals surface area contributed by atoms with Gasteiger partial charge in [-0.1, -0.05) is 12.2 Å². The summed E-state index contributed by atoms with van der Waals surface area (Å²) in [6.45, 7) is 0.291. The minimum Gasteiger partial charge on any atom is -0.396 e. The molecule has 0 heterocycles. The van der Waals surface area contributed by atoms with Crippen LogP contribution in [0.15, 0.2) is 17.7 Å². The third-order valence-electron chi connectivity index (χ3n) is 1.37. The van der Waals surface area contributed by atoms with Gasteiger partial charge >= 0.3 is 0 Å². The third kappa shape index (κ3) is 2.02. The van der Waals surface area contributed by atoms with Gasteiger partial charge in [0.05, 0.1) is 0 Å². The molecule has 1 rings (SSSR count). The summed E-state index contributed by atoms with van der Waals surface area (Å²) >= 11 is 0. The molecule has 1 aliphatic rings. The van der Waals surface area contributed by atoms with Crippen LogP contribution in [0.3, 0.4) is 0 Å². The van der Waals surface area contributed by atoms with Gasteiger partial charge in [0, 0.05) is 6.61 Å². The molecule has 0 aromatic rings. The van der Waals surface area contributed by atoms with Gasteiger partial charge in [-0.05, 0) is 30.9 Å². The lowest BCUT2D eigenvalue weighted by atomic mass is 10.2. The molecule has 0 aromatic carbocycles. The third-order valence-corrected chi connectivity index (χ3v) is 1.37. The number of allylic oxidation sites excluding steroid dienone is 4. The molecule has 0 atom stereocenters. The molecule has 0 bridgehead atoms. The van der Waals surface area contributed by atoms with Gasteiger partial charge in [-0.3, -0.25) is 0 Å². The summed E-state index contributed by atoms with van der Waals surface area (Å²) in [4.78, 5) is 0. The molecule has 0 unspecified atom stereocenters. The van der Waals surface area contributed by atoms with E-state index in [2.05, 4.69) is 18.2 Å². The zero-order valence-electron chi connectivity index (χ0n) is 5.43. The summed E-state index contributed by atoms with van der Waals surface area (Å²) in [5.41, 5.74) is 1.25. The van der Waals surface area contributed by atoms with E-state index in [1.807, 2.05) is 0 Å². The fraction of sp³-hybridized carbons (Fsp3) is 0.500. The van der Waals surface area contributed by atoms with Crippen LogP contribution in [0.4, 0.5) is 0 Å². The van der Waals surface area contributed by atoms with Crippen molar-refractivity contribution in [2.45, 2.75) is 19.3 Å². The number of aliphatic hydroxyl groups is 1. The van der Waals surface area contributed by atoms with E-state index in [0.717, 1.165) is 19.3 Å². The smallest absolute Gasteiger partial charge is 0.0434 e. The average Bonchev–Trinajstić information content (AvgIpc) is 2.34. The first-order valence-corrected chi connectivity index (χ1v) is 3.30. The molecule has 0 fully saturated rings. The van der Waals surface area contributed by atoms with Crippen LogP contribution in [0.2, 0.25) is 0 Å². The maximum absolute atomic E-state index is 8.46. The van der Waals surface area contributed by atoms with E-state index in [1.54, 1.807) is 0 Å². The lowest BCUT2D eigenvalue weighted by molar-refractivity contribution is 0.289. The van der Waals surface area contributed by atoms with Gasteiger partial charge in [0.2, 0.25) is 0 Å². The van der Waals surface area contributed by atoms with Crippen molar-refractivity contribution in [3.8, 4) is 0 Å². The van der Waals surface area contributed by atoms with Gasteiger partial charge in [0.1, 0.15) is 0 Å². The van der Waals surface area contributed by atoms with Crippen LogP contribution in [-0.2, 0) is 0 Å². The first-order chi connectivity index (χ1) is 4.43. The number of hydrogen-bond donors (Lipinski definition) is 1. The Bertz CT molecular complexity index is 134. The summed E-state index contributed by atoms with van der Waals surface area (Å²) < 4.78 is 0. The zero-order chi connectivity index (χ0) is 6.53. The lowest BCUT2D eigenvalue weighted by Gasteiger charge is -1.93. The van der Waals surface area contributed by atoms with Gasteiger partial charge in [-0.25, -0.2) is 0 Å². The fourth-order valence-electron chi connectivity index (χ4n) is 0.891. The lowest BCUT2D eigenvalue weighted by Crippen LogP contribution is -1.82.